The highest BCUT2D eigenvalue weighted by atomic mass is 35.5. The fraction of sp³-hybridized carbons (Fsp3) is 0.200. The number of hydrogen-bond donors (Lipinski definition) is 1. The summed E-state index contributed by atoms with van der Waals surface area (Å²) in [7, 11) is 1.14. The lowest BCUT2D eigenvalue weighted by atomic mass is 10.3. The molecule has 0 saturated heterocycles. The van der Waals surface area contributed by atoms with Crippen molar-refractivity contribution in [2.45, 2.75) is 0 Å². The van der Waals surface area contributed by atoms with Gasteiger partial charge in [-0.3, -0.25) is 0 Å². The summed E-state index contributed by atoms with van der Waals surface area (Å²) in [6, 6.07) is 1.50. The molecule has 0 heterocycles. The number of rotatable bonds is 1. The molecule has 0 aromatic heterocycles. The van der Waals surface area contributed by atoms with Crippen LogP contribution in [0.1, 0.15) is 0 Å². The summed E-state index contributed by atoms with van der Waals surface area (Å²) in [6.45, 7) is 0. The number of carbonyl (C=O) groups excluding carboxylic acids is 1. The minimum absolute atomic E-state index is 0.352. The average molecular weight is 161 g/mol. The Bertz CT molecular complexity index is 212. The fourth-order valence-electron chi connectivity index (χ4n) is 0.299. The highest BCUT2D eigenvalue weighted by Gasteiger charge is 2.11. The Morgan fingerprint density at radius 1 is 1.80 bits per heavy atom. The van der Waals surface area contributed by atoms with Crippen LogP contribution in [0.15, 0.2) is 10.7 Å². The first-order chi connectivity index (χ1) is 4.63. The minimum atomic E-state index is -0.824. The first-order valence-corrected chi connectivity index (χ1v) is 2.65. The monoisotopic (exact) mass is 160 g/mol. The van der Waals surface area contributed by atoms with Gasteiger partial charge in [0.15, 0.2) is 5.57 Å². The second-order valence-electron chi connectivity index (χ2n) is 1.33. The predicted molar refractivity (Wildman–Crippen MR) is 34.7 cm³/mol. The van der Waals surface area contributed by atoms with Crippen LogP contribution in [0.2, 0.25) is 0 Å². The molecule has 0 aromatic rings. The van der Waals surface area contributed by atoms with E-state index in [0.29, 0.717) is 0 Å². The maximum atomic E-state index is 10.5. The maximum absolute atomic E-state index is 10.5. The second-order valence-corrected chi connectivity index (χ2v) is 1.73. The van der Waals surface area contributed by atoms with Crippen molar-refractivity contribution in [3.8, 4) is 6.07 Å². The topological polar surface area (TPSA) is 76.1 Å². The van der Waals surface area contributed by atoms with E-state index in [0.717, 1.165) is 7.11 Å². The van der Waals surface area contributed by atoms with Crippen LogP contribution in [-0.2, 0) is 9.53 Å². The van der Waals surface area contributed by atoms with E-state index >= 15 is 0 Å². The van der Waals surface area contributed by atoms with Gasteiger partial charge in [0, 0.05) is 0 Å². The van der Waals surface area contributed by atoms with E-state index in [4.69, 9.17) is 22.6 Å². The van der Waals surface area contributed by atoms with Crippen molar-refractivity contribution in [1.29, 1.82) is 5.26 Å². The van der Waals surface area contributed by atoms with E-state index in [1.807, 2.05) is 0 Å². The SMILES string of the molecule is COC(=O)/C(C#N)=C(\N)Cl. The summed E-state index contributed by atoms with van der Waals surface area (Å²) in [5.41, 5.74) is 4.57. The third-order valence-corrected chi connectivity index (χ3v) is 0.929. The molecule has 0 radical (unpaired) electrons. The molecule has 0 fully saturated rings. The van der Waals surface area contributed by atoms with E-state index in [2.05, 4.69) is 4.74 Å². The first-order valence-electron chi connectivity index (χ1n) is 2.27. The van der Waals surface area contributed by atoms with E-state index in [1.54, 1.807) is 0 Å². The van der Waals surface area contributed by atoms with Crippen molar-refractivity contribution in [1.82, 2.24) is 0 Å². The molecule has 5 heteroatoms. The highest BCUT2D eigenvalue weighted by molar-refractivity contribution is 6.31. The number of halogens is 1. The van der Waals surface area contributed by atoms with Crippen LogP contribution in [0.5, 0.6) is 0 Å². The lowest BCUT2D eigenvalue weighted by molar-refractivity contribution is -0.135. The zero-order valence-corrected chi connectivity index (χ0v) is 5.97. The van der Waals surface area contributed by atoms with Crippen LogP contribution >= 0.6 is 11.6 Å². The molecule has 54 valence electrons. The summed E-state index contributed by atoms with van der Waals surface area (Å²) in [5.74, 6) is -0.824. The van der Waals surface area contributed by atoms with E-state index in [9.17, 15) is 4.79 Å². The molecule has 0 atom stereocenters. The molecule has 0 aromatic carbocycles. The average Bonchev–Trinajstić information content (AvgIpc) is 1.88. The number of nitrogens with two attached hydrogens (primary N) is 1. The molecule has 0 unspecified atom stereocenters. The van der Waals surface area contributed by atoms with Gasteiger partial charge in [0.05, 0.1) is 7.11 Å². The third-order valence-electron chi connectivity index (χ3n) is 0.740. The number of carbonyl (C=O) groups is 1. The van der Waals surface area contributed by atoms with Gasteiger partial charge < -0.3 is 10.5 Å². The normalized spacial score (nSPS) is 11.3. The smallest absolute Gasteiger partial charge is 0.351 e. The van der Waals surface area contributed by atoms with Gasteiger partial charge in [-0.05, 0) is 0 Å². The molecule has 0 amide bonds. The number of esters is 1. The zero-order chi connectivity index (χ0) is 8.15. The molecular weight excluding hydrogens is 156 g/mol. The minimum Gasteiger partial charge on any atom is -0.465 e. The van der Waals surface area contributed by atoms with Crippen LogP contribution < -0.4 is 5.73 Å². The Morgan fingerprint density at radius 3 is 2.40 bits per heavy atom. The van der Waals surface area contributed by atoms with Crippen molar-refractivity contribution in [2.75, 3.05) is 7.11 Å². The van der Waals surface area contributed by atoms with Gasteiger partial charge >= 0.3 is 5.97 Å². The van der Waals surface area contributed by atoms with Crippen molar-refractivity contribution >= 4 is 17.6 Å². The van der Waals surface area contributed by atoms with Crippen LogP contribution in [0.25, 0.3) is 0 Å². The van der Waals surface area contributed by atoms with Crippen molar-refractivity contribution in [3.63, 3.8) is 0 Å². The van der Waals surface area contributed by atoms with Gasteiger partial charge in [-0.2, -0.15) is 5.26 Å². The molecule has 0 bridgehead atoms. The number of nitrogens with zero attached hydrogens (tertiary/aromatic N) is 1. The van der Waals surface area contributed by atoms with Gasteiger partial charge in [-0.15, -0.1) is 0 Å². The Labute approximate surface area is 62.8 Å². The second kappa shape index (κ2) is 3.75. The Balaban J connectivity index is 4.59. The molecule has 0 aliphatic rings. The molecule has 0 saturated carbocycles. The Hall–Kier alpha value is -1.21. The van der Waals surface area contributed by atoms with Crippen LogP contribution in [0.4, 0.5) is 0 Å². The van der Waals surface area contributed by atoms with Gasteiger partial charge in [0.1, 0.15) is 11.2 Å². The van der Waals surface area contributed by atoms with Crippen LogP contribution in [0.3, 0.4) is 0 Å². The number of hydrogen-bond acceptors (Lipinski definition) is 4. The summed E-state index contributed by atoms with van der Waals surface area (Å²) < 4.78 is 4.18. The first kappa shape index (κ1) is 8.79. The fourth-order valence-corrected chi connectivity index (χ4v) is 0.418. The standard InChI is InChI=1S/C5H5ClN2O2/c1-10-5(9)3(2-7)4(6)8/h8H2,1H3/b4-3-. The molecule has 0 aliphatic carbocycles. The van der Waals surface area contributed by atoms with Gasteiger partial charge in [0.2, 0.25) is 0 Å². The number of methoxy groups -OCH3 is 1. The predicted octanol–water partition coefficient (Wildman–Crippen LogP) is 0.0921. The Kier molecular flexibility index (Phi) is 3.29. The molecule has 4 nitrogen and oxygen atoms in total. The van der Waals surface area contributed by atoms with Crippen LogP contribution in [0, 0.1) is 11.3 Å². The lowest BCUT2D eigenvalue weighted by Crippen LogP contribution is -2.07. The van der Waals surface area contributed by atoms with Gasteiger partial charge in [-0.25, -0.2) is 4.79 Å². The van der Waals surface area contributed by atoms with Crippen molar-refractivity contribution in [3.05, 3.63) is 10.7 Å². The Morgan fingerprint density at radius 2 is 2.30 bits per heavy atom. The summed E-state index contributed by atoms with van der Waals surface area (Å²) in [5, 5.41) is 7.87. The van der Waals surface area contributed by atoms with Gasteiger partial charge in [-0.1, -0.05) is 11.6 Å². The maximum Gasteiger partial charge on any atom is 0.351 e. The van der Waals surface area contributed by atoms with Crippen molar-refractivity contribution in [2.24, 2.45) is 5.73 Å². The zero-order valence-electron chi connectivity index (χ0n) is 5.22. The molecule has 0 aliphatic heterocycles. The third kappa shape index (κ3) is 1.96. The van der Waals surface area contributed by atoms with Gasteiger partial charge in [0.25, 0.3) is 0 Å². The largest absolute Gasteiger partial charge is 0.465 e. The highest BCUT2D eigenvalue weighted by Crippen LogP contribution is 2.02. The molecule has 2 N–H and O–H groups in total. The lowest BCUT2D eigenvalue weighted by Gasteiger charge is -1.94. The summed E-state index contributed by atoms with van der Waals surface area (Å²) in [6.07, 6.45) is 0. The number of nitriles is 1. The molecule has 0 spiro atoms. The molecule has 10 heavy (non-hydrogen) atoms. The molecular formula is C5H5ClN2O2. The van der Waals surface area contributed by atoms with Crippen LogP contribution in [-0.4, -0.2) is 13.1 Å². The number of ether oxygens (including phenoxy) is 1. The van der Waals surface area contributed by atoms with Crippen molar-refractivity contribution < 1.29 is 9.53 Å². The quantitative estimate of drug-likeness (QED) is 0.255. The molecule has 0 rings (SSSR count). The summed E-state index contributed by atoms with van der Waals surface area (Å²) >= 11 is 5.15. The summed E-state index contributed by atoms with van der Waals surface area (Å²) in [4.78, 5) is 10.5. The van der Waals surface area contributed by atoms with E-state index in [-0.39, 0.29) is 10.7 Å². The van der Waals surface area contributed by atoms with E-state index < -0.39 is 5.97 Å². The van der Waals surface area contributed by atoms with E-state index in [1.165, 1.54) is 6.07 Å².